The third-order valence-corrected chi connectivity index (χ3v) is 8.18. The highest BCUT2D eigenvalue weighted by molar-refractivity contribution is 7.80. The van der Waals surface area contributed by atoms with Crippen molar-refractivity contribution in [1.82, 2.24) is 14.9 Å². The molecule has 1 amide bonds. The van der Waals surface area contributed by atoms with Gasteiger partial charge in [-0.15, -0.1) is 15.6 Å². The van der Waals surface area contributed by atoms with E-state index in [9.17, 15) is 18.0 Å². The second-order valence-electron chi connectivity index (χ2n) is 10.7. The van der Waals surface area contributed by atoms with E-state index in [1.807, 2.05) is 4.90 Å². The zero-order valence-corrected chi connectivity index (χ0v) is 28.9. The highest BCUT2D eigenvalue weighted by atomic mass is 32.3. The molecule has 2 aliphatic heterocycles. The number of hydroxylamine groups is 2. The smallest absolute Gasteiger partial charge is 0.418 e. The Morgan fingerprint density at radius 2 is 1.89 bits per heavy atom. The summed E-state index contributed by atoms with van der Waals surface area (Å²) in [6.45, 7) is 6.24. The number of β-lactam (4-membered cyclic amide) rings is 1. The first-order valence-electron chi connectivity index (χ1n) is 13.5. The summed E-state index contributed by atoms with van der Waals surface area (Å²) in [5.74, 6) is -0.870. The minimum Gasteiger partial charge on any atom is -0.490 e. The number of Topliss-reactive ketones (excluding diaryl/α,β-unsaturated/α-hetero) is 1. The van der Waals surface area contributed by atoms with Gasteiger partial charge in [0.1, 0.15) is 23.9 Å². The van der Waals surface area contributed by atoms with Gasteiger partial charge in [0.15, 0.2) is 23.2 Å². The highest BCUT2D eigenvalue weighted by Gasteiger charge is 2.57. The molecule has 20 heteroatoms. The molecule has 2 atom stereocenters. The maximum absolute atomic E-state index is 13.2. The van der Waals surface area contributed by atoms with Crippen molar-refractivity contribution in [3.05, 3.63) is 40.9 Å². The van der Waals surface area contributed by atoms with Crippen LogP contribution < -0.4 is 16.2 Å². The van der Waals surface area contributed by atoms with Gasteiger partial charge in [0.05, 0.1) is 23.3 Å². The lowest BCUT2D eigenvalue weighted by molar-refractivity contribution is -0.228. The molecule has 47 heavy (non-hydrogen) atoms. The lowest BCUT2D eigenvalue weighted by Crippen LogP contribution is -2.68. The van der Waals surface area contributed by atoms with Crippen LogP contribution in [0.4, 0.5) is 5.13 Å². The number of ketones is 1. The van der Waals surface area contributed by atoms with E-state index in [2.05, 4.69) is 19.4 Å². The number of aromatic nitrogens is 1. The quantitative estimate of drug-likeness (QED) is 0.0578. The first-order chi connectivity index (χ1) is 20.7. The second kappa shape index (κ2) is 17.1. The fourth-order valence-corrected chi connectivity index (χ4v) is 5.74. The molecule has 0 radical (unpaired) electrons. The van der Waals surface area contributed by atoms with Gasteiger partial charge in [0.25, 0.3) is 5.91 Å². The van der Waals surface area contributed by atoms with Crippen LogP contribution in [0, 0.1) is 11.3 Å². The summed E-state index contributed by atoms with van der Waals surface area (Å²) < 4.78 is 41.1. The summed E-state index contributed by atoms with van der Waals surface area (Å²) in [4.78, 5) is 41.6. The molecule has 2 aromatic rings. The first kappa shape index (κ1) is 41.6. The molecule has 1 unspecified atom stereocenters. The van der Waals surface area contributed by atoms with Crippen LogP contribution >= 0.6 is 38.3 Å². The zero-order chi connectivity index (χ0) is 32.2. The Bertz CT molecular complexity index is 1580. The molecule has 1 aromatic carbocycles. The number of likely N-dealkylation sites (tertiary alicyclic amines) is 1. The number of nitrogens with one attached hydrogen (secondary N) is 1. The van der Waals surface area contributed by atoms with Gasteiger partial charge in [0.2, 0.25) is 0 Å². The van der Waals surface area contributed by atoms with Crippen molar-refractivity contribution in [2.75, 3.05) is 32.0 Å². The van der Waals surface area contributed by atoms with Gasteiger partial charge >= 0.3 is 10.4 Å². The van der Waals surface area contributed by atoms with Crippen molar-refractivity contribution in [1.29, 1.82) is 5.41 Å². The molecule has 0 bridgehead atoms. The Balaban J connectivity index is 0.00000368. The van der Waals surface area contributed by atoms with Gasteiger partial charge in [-0.2, -0.15) is 40.5 Å². The van der Waals surface area contributed by atoms with E-state index in [0.717, 1.165) is 29.9 Å². The van der Waals surface area contributed by atoms with Crippen molar-refractivity contribution in [2.24, 2.45) is 21.8 Å². The third kappa shape index (κ3) is 10.5. The third-order valence-electron chi connectivity index (χ3n) is 7.17. The molecule has 2 aliphatic rings. The molecule has 1 aromatic heterocycles. The van der Waals surface area contributed by atoms with Crippen LogP contribution in [-0.2, 0) is 29.1 Å². The van der Waals surface area contributed by atoms with Crippen molar-refractivity contribution in [2.45, 2.75) is 52.6 Å². The average molecular weight is 735 g/mol. The number of carbonyl (C=O) groups is 2. The van der Waals surface area contributed by atoms with Crippen LogP contribution in [0.5, 0.6) is 5.75 Å². The van der Waals surface area contributed by atoms with E-state index in [0.29, 0.717) is 29.0 Å². The maximum atomic E-state index is 13.2. The van der Waals surface area contributed by atoms with Gasteiger partial charge in [-0.3, -0.25) is 24.5 Å². The Labute approximate surface area is 291 Å². The average Bonchev–Trinajstić information content (AvgIpc) is 3.61. The second-order valence-corrected chi connectivity index (χ2v) is 12.6. The summed E-state index contributed by atoms with van der Waals surface area (Å²) in [5.41, 5.74) is 11.4. The van der Waals surface area contributed by atoms with Crippen LogP contribution in [0.25, 0.3) is 0 Å². The summed E-state index contributed by atoms with van der Waals surface area (Å²) in [6, 6.07) is 7.09. The largest absolute Gasteiger partial charge is 0.490 e. The molecule has 4 rings (SSSR count). The minimum atomic E-state index is -4.93. The summed E-state index contributed by atoms with van der Waals surface area (Å²) in [7, 11) is -4.93. The molecule has 0 spiro atoms. The predicted molar refractivity (Wildman–Crippen MR) is 189 cm³/mol. The van der Waals surface area contributed by atoms with Gasteiger partial charge in [-0.1, -0.05) is 12.6 Å². The number of nitrogen functional groups attached to an aromatic ring is 1. The number of anilines is 1. The van der Waals surface area contributed by atoms with Crippen molar-refractivity contribution in [3.8, 4) is 5.75 Å². The van der Waals surface area contributed by atoms with E-state index < -0.39 is 33.5 Å². The highest BCUT2D eigenvalue weighted by Crippen LogP contribution is 2.40. The molecule has 2 fully saturated rings. The maximum Gasteiger partial charge on any atom is 0.418 e. The molecule has 0 aliphatic carbocycles. The van der Waals surface area contributed by atoms with Gasteiger partial charge in [-0.25, -0.2) is 4.98 Å². The number of benzene rings is 1. The molecule has 262 valence electrons. The number of carbonyl (C=O) groups excluding carboxylic acids is 2. The van der Waals surface area contributed by atoms with E-state index in [1.165, 1.54) is 19.2 Å². The molecule has 2 saturated heterocycles. The van der Waals surface area contributed by atoms with Crippen LogP contribution in [0.1, 0.15) is 52.3 Å². The fraction of sp³-hybridized carbons (Fsp3) is 0.481. The SMILES string of the molecule is C.CC(=N)N1CC[C@H](N=C(N)c2ccc(OCCO/N=C(\C(=O)CC3C(=O)N(OS(=O)(=O)O)C3(C)C)c3csc(N)n3)cc2)C1.S.S. The number of amidine groups is 2. The molecular weight excluding hydrogens is 693 g/mol. The van der Waals surface area contributed by atoms with Gasteiger partial charge in [-0.05, 0) is 51.5 Å². The lowest BCUT2D eigenvalue weighted by Gasteiger charge is -2.50. The number of nitrogens with two attached hydrogens (primary N) is 2. The Morgan fingerprint density at radius 3 is 2.43 bits per heavy atom. The summed E-state index contributed by atoms with van der Waals surface area (Å²) in [5, 5.41) is 13.9. The molecule has 0 saturated carbocycles. The number of thiazole rings is 1. The van der Waals surface area contributed by atoms with E-state index in [1.54, 1.807) is 31.2 Å². The summed E-state index contributed by atoms with van der Waals surface area (Å²) >= 11 is 1.09. The van der Waals surface area contributed by atoms with Crippen molar-refractivity contribution in [3.63, 3.8) is 0 Å². The normalized spacial score (nSPS) is 19.1. The number of hydrogen-bond donors (Lipinski definition) is 4. The number of ether oxygens (including phenoxy) is 1. The fourth-order valence-electron chi connectivity index (χ4n) is 4.74. The molecule has 3 heterocycles. The number of aliphatic imine (C=N–C) groups is 1. The zero-order valence-electron chi connectivity index (χ0n) is 25.3. The van der Waals surface area contributed by atoms with E-state index >= 15 is 0 Å². The van der Waals surface area contributed by atoms with E-state index in [-0.39, 0.29) is 76.6 Å². The monoisotopic (exact) mass is 734 g/mol. The number of rotatable bonds is 13. The summed E-state index contributed by atoms with van der Waals surface area (Å²) in [6.07, 6.45) is 0.485. The first-order valence-corrected chi connectivity index (χ1v) is 15.7. The van der Waals surface area contributed by atoms with Crippen LogP contribution in [0.3, 0.4) is 0 Å². The number of hydrogen-bond acceptors (Lipinski definition) is 13. The Hall–Kier alpha value is -3.43. The van der Waals surface area contributed by atoms with Gasteiger partial charge in [0, 0.05) is 30.5 Å². The van der Waals surface area contributed by atoms with Gasteiger partial charge < -0.3 is 25.9 Å². The van der Waals surface area contributed by atoms with Crippen molar-refractivity contribution >= 4 is 82.9 Å². The molecule has 6 N–H and O–H groups in total. The van der Waals surface area contributed by atoms with Crippen LogP contribution in [-0.4, -0.2) is 94.9 Å². The van der Waals surface area contributed by atoms with E-state index in [4.69, 9.17) is 31.0 Å². The Morgan fingerprint density at radius 1 is 1.23 bits per heavy atom. The van der Waals surface area contributed by atoms with Crippen molar-refractivity contribution < 1.29 is 36.4 Å². The molecule has 16 nitrogen and oxygen atoms in total. The number of nitrogens with zero attached hydrogens (tertiary/aromatic N) is 5. The topological polar surface area (TPSA) is 236 Å². The number of amides is 1. The molecular formula is C27H42N8O8S4. The van der Waals surface area contributed by atoms with Crippen LogP contribution in [0.2, 0.25) is 0 Å². The lowest BCUT2D eigenvalue weighted by atomic mass is 9.74. The Kier molecular flexibility index (Phi) is 15.1. The number of oxime groups is 1. The minimum absolute atomic E-state index is 0. The predicted octanol–water partition coefficient (Wildman–Crippen LogP) is 2.09. The van der Waals surface area contributed by atoms with Crippen LogP contribution in [0.15, 0.2) is 39.8 Å². The standard InChI is InChI=1S/C26H34N8O8S2.CH4.2H2S/c1-15(27)33-9-8-17(13-33)30-23(28)16-4-6-18(7-5-16)40-10-11-41-32-22(20-14-43-25(29)31-20)21(35)12-19-24(36)34(26(19,2)3)42-44(37,38)39;;;/h4-7,14,17,19,27H,8-13H2,1-3H3,(H2,28,30)(H2,29,31)(H,37,38,39);1H4;2*1H2/b27-15?,32-22-;;;/t17-,19?;;;/m0.../s1.